The third-order valence-electron chi connectivity index (χ3n) is 3.77. The molecule has 1 aromatic carbocycles. The van der Waals surface area contributed by atoms with Crippen molar-refractivity contribution in [2.75, 3.05) is 0 Å². The summed E-state index contributed by atoms with van der Waals surface area (Å²) in [6.07, 6.45) is 5.25. The maximum absolute atomic E-state index is 13.5. The minimum absolute atomic E-state index is 0.0472. The molecule has 1 N–H and O–H groups in total. The molecule has 4 nitrogen and oxygen atoms in total. The van der Waals surface area contributed by atoms with Crippen LogP contribution in [0.4, 0.5) is 4.39 Å². The molecule has 0 aliphatic rings. The second-order valence-electron chi connectivity index (χ2n) is 5.39. The van der Waals surface area contributed by atoms with Gasteiger partial charge in [0.05, 0.1) is 18.3 Å². The Morgan fingerprint density at radius 1 is 1.17 bits per heavy atom. The molecule has 0 atom stereocenters. The fourth-order valence-corrected chi connectivity index (χ4v) is 2.54. The van der Waals surface area contributed by atoms with Crippen molar-refractivity contribution >= 4 is 11.4 Å². The number of benzene rings is 1. The summed E-state index contributed by atoms with van der Waals surface area (Å²) in [6.45, 7) is 0.386. The van der Waals surface area contributed by atoms with Gasteiger partial charge >= 0.3 is 0 Å². The van der Waals surface area contributed by atoms with Crippen molar-refractivity contribution in [3.05, 3.63) is 72.1 Å². The molecule has 5 heteroatoms. The van der Waals surface area contributed by atoms with Crippen LogP contribution in [0.2, 0.25) is 0 Å². The summed E-state index contributed by atoms with van der Waals surface area (Å²) in [5.41, 5.74) is 1.65. The fourth-order valence-electron chi connectivity index (χ4n) is 2.54. The Balaban J connectivity index is 1.47. The van der Waals surface area contributed by atoms with Crippen LogP contribution in [-0.4, -0.2) is 15.3 Å². The van der Waals surface area contributed by atoms with E-state index >= 15 is 0 Å². The summed E-state index contributed by atoms with van der Waals surface area (Å²) in [5, 5.41) is 2.86. The molecule has 0 saturated carbocycles. The number of aromatic nitrogens is 2. The van der Waals surface area contributed by atoms with Gasteiger partial charge in [-0.2, -0.15) is 0 Å². The van der Waals surface area contributed by atoms with E-state index in [9.17, 15) is 9.18 Å². The SMILES string of the molecule is O=C(CCCc1ccccc1F)NCc1ncc2ccccn12. The summed E-state index contributed by atoms with van der Waals surface area (Å²) >= 11 is 0. The predicted octanol–water partition coefficient (Wildman–Crippen LogP) is 3.11. The molecule has 0 bridgehead atoms. The van der Waals surface area contributed by atoms with Gasteiger partial charge in [-0.25, -0.2) is 9.37 Å². The molecular formula is C18H18FN3O. The van der Waals surface area contributed by atoms with Crippen LogP contribution in [0.3, 0.4) is 0 Å². The molecule has 3 aromatic rings. The van der Waals surface area contributed by atoms with Crippen LogP contribution in [0.15, 0.2) is 54.9 Å². The number of hydrogen-bond acceptors (Lipinski definition) is 2. The number of nitrogens with one attached hydrogen (secondary N) is 1. The van der Waals surface area contributed by atoms with E-state index in [0.29, 0.717) is 31.4 Å². The van der Waals surface area contributed by atoms with Crippen molar-refractivity contribution in [1.82, 2.24) is 14.7 Å². The Kier molecular flexibility index (Phi) is 4.66. The first-order valence-electron chi connectivity index (χ1n) is 7.65. The highest BCUT2D eigenvalue weighted by Crippen LogP contribution is 2.10. The van der Waals surface area contributed by atoms with Crippen molar-refractivity contribution in [2.24, 2.45) is 0 Å². The molecule has 0 radical (unpaired) electrons. The van der Waals surface area contributed by atoms with Crippen LogP contribution < -0.4 is 5.32 Å². The van der Waals surface area contributed by atoms with Gasteiger partial charge in [-0.3, -0.25) is 4.79 Å². The van der Waals surface area contributed by atoms with Gasteiger partial charge in [-0.1, -0.05) is 24.3 Å². The average Bonchev–Trinajstić information content (AvgIpc) is 2.98. The molecule has 0 saturated heterocycles. The highest BCUT2D eigenvalue weighted by atomic mass is 19.1. The van der Waals surface area contributed by atoms with Gasteiger partial charge in [-0.05, 0) is 36.6 Å². The van der Waals surface area contributed by atoms with Crippen molar-refractivity contribution < 1.29 is 9.18 Å². The summed E-state index contributed by atoms with van der Waals surface area (Å²) in [4.78, 5) is 16.2. The van der Waals surface area contributed by atoms with Gasteiger partial charge in [0.1, 0.15) is 11.6 Å². The minimum atomic E-state index is -0.211. The largest absolute Gasteiger partial charge is 0.349 e. The van der Waals surface area contributed by atoms with Crippen LogP contribution in [-0.2, 0) is 17.8 Å². The first kappa shape index (κ1) is 15.2. The summed E-state index contributed by atoms with van der Waals surface area (Å²) in [5.74, 6) is 0.536. The zero-order chi connectivity index (χ0) is 16.1. The van der Waals surface area contributed by atoms with E-state index in [1.54, 1.807) is 18.3 Å². The second-order valence-corrected chi connectivity index (χ2v) is 5.39. The number of carbonyl (C=O) groups is 1. The lowest BCUT2D eigenvalue weighted by Crippen LogP contribution is -2.23. The van der Waals surface area contributed by atoms with E-state index in [0.717, 1.165) is 11.3 Å². The first-order chi connectivity index (χ1) is 11.2. The Hall–Kier alpha value is -2.69. The van der Waals surface area contributed by atoms with Crippen LogP contribution in [0, 0.1) is 5.82 Å². The Morgan fingerprint density at radius 2 is 2.00 bits per heavy atom. The van der Waals surface area contributed by atoms with Crippen molar-refractivity contribution in [1.29, 1.82) is 0 Å². The normalized spacial score (nSPS) is 10.8. The summed E-state index contributed by atoms with van der Waals surface area (Å²) in [7, 11) is 0. The van der Waals surface area contributed by atoms with Crippen molar-refractivity contribution in [3.63, 3.8) is 0 Å². The number of imidazole rings is 1. The Labute approximate surface area is 134 Å². The zero-order valence-corrected chi connectivity index (χ0v) is 12.7. The lowest BCUT2D eigenvalue weighted by Gasteiger charge is -2.06. The van der Waals surface area contributed by atoms with Crippen molar-refractivity contribution in [3.8, 4) is 0 Å². The molecular weight excluding hydrogens is 293 g/mol. The van der Waals surface area contributed by atoms with E-state index in [2.05, 4.69) is 10.3 Å². The minimum Gasteiger partial charge on any atom is -0.349 e. The Bertz CT molecular complexity index is 813. The molecule has 0 unspecified atom stereocenters. The number of halogens is 1. The highest BCUT2D eigenvalue weighted by molar-refractivity contribution is 5.75. The van der Waals surface area contributed by atoms with Crippen LogP contribution in [0.25, 0.3) is 5.52 Å². The smallest absolute Gasteiger partial charge is 0.220 e. The number of fused-ring (bicyclic) bond motifs is 1. The van der Waals surface area contributed by atoms with Crippen LogP contribution >= 0.6 is 0 Å². The third-order valence-corrected chi connectivity index (χ3v) is 3.77. The number of hydrogen-bond donors (Lipinski definition) is 1. The zero-order valence-electron chi connectivity index (χ0n) is 12.7. The number of aryl methyl sites for hydroxylation is 1. The molecule has 2 heterocycles. The van der Waals surface area contributed by atoms with Gasteiger partial charge in [0.25, 0.3) is 0 Å². The molecule has 118 valence electrons. The van der Waals surface area contributed by atoms with E-state index in [1.807, 2.05) is 34.9 Å². The van der Waals surface area contributed by atoms with E-state index in [1.165, 1.54) is 6.07 Å². The van der Waals surface area contributed by atoms with Gasteiger partial charge in [0, 0.05) is 12.6 Å². The van der Waals surface area contributed by atoms with E-state index in [-0.39, 0.29) is 11.7 Å². The molecule has 1 amide bonds. The molecule has 0 spiro atoms. The van der Waals surface area contributed by atoms with Gasteiger partial charge in [0.15, 0.2) is 0 Å². The fraction of sp³-hybridized carbons (Fsp3) is 0.222. The highest BCUT2D eigenvalue weighted by Gasteiger charge is 2.07. The third kappa shape index (κ3) is 3.74. The predicted molar refractivity (Wildman–Crippen MR) is 86.4 cm³/mol. The van der Waals surface area contributed by atoms with Crippen molar-refractivity contribution in [2.45, 2.75) is 25.8 Å². The Morgan fingerprint density at radius 3 is 2.87 bits per heavy atom. The maximum Gasteiger partial charge on any atom is 0.220 e. The number of rotatable bonds is 6. The topological polar surface area (TPSA) is 46.4 Å². The lowest BCUT2D eigenvalue weighted by atomic mass is 10.1. The average molecular weight is 311 g/mol. The van der Waals surface area contributed by atoms with E-state index < -0.39 is 0 Å². The molecule has 3 rings (SSSR count). The quantitative estimate of drug-likeness (QED) is 0.760. The standard InChI is InChI=1S/C18H18FN3O/c19-16-9-2-1-6-14(16)7-5-10-18(23)21-13-17-20-12-15-8-3-4-11-22(15)17/h1-4,6,8-9,11-12H,5,7,10,13H2,(H,21,23). The summed E-state index contributed by atoms with van der Waals surface area (Å²) < 4.78 is 15.4. The van der Waals surface area contributed by atoms with Gasteiger partial charge in [0.2, 0.25) is 5.91 Å². The number of nitrogens with zero attached hydrogens (tertiary/aromatic N) is 2. The lowest BCUT2D eigenvalue weighted by molar-refractivity contribution is -0.121. The summed E-state index contributed by atoms with van der Waals surface area (Å²) in [6, 6.07) is 12.5. The number of pyridine rings is 1. The maximum atomic E-state index is 13.5. The van der Waals surface area contributed by atoms with Crippen LogP contribution in [0.1, 0.15) is 24.2 Å². The van der Waals surface area contributed by atoms with E-state index in [4.69, 9.17) is 0 Å². The molecule has 23 heavy (non-hydrogen) atoms. The molecule has 0 aliphatic heterocycles. The molecule has 2 aromatic heterocycles. The number of carbonyl (C=O) groups excluding carboxylic acids is 1. The second kappa shape index (κ2) is 7.05. The molecule has 0 fully saturated rings. The van der Waals surface area contributed by atoms with Crippen LogP contribution in [0.5, 0.6) is 0 Å². The number of amides is 1. The van der Waals surface area contributed by atoms with Gasteiger partial charge < -0.3 is 9.72 Å². The molecule has 0 aliphatic carbocycles. The van der Waals surface area contributed by atoms with Gasteiger partial charge in [-0.15, -0.1) is 0 Å². The monoisotopic (exact) mass is 311 g/mol. The first-order valence-corrected chi connectivity index (χ1v) is 7.65.